The second-order valence-electron chi connectivity index (χ2n) is 7.91. The molecular formula is C18H27N5O2. The zero-order valence-electron chi connectivity index (χ0n) is 15.3. The summed E-state index contributed by atoms with van der Waals surface area (Å²) in [6, 6.07) is 2.62. The summed E-state index contributed by atoms with van der Waals surface area (Å²) < 4.78 is 14.7. The number of fused-ring (bicyclic) bond motifs is 2. The third-order valence-corrected chi connectivity index (χ3v) is 5.24. The molecule has 2 fully saturated rings. The van der Waals surface area contributed by atoms with Gasteiger partial charge in [0.15, 0.2) is 5.79 Å². The van der Waals surface area contributed by atoms with Crippen LogP contribution in [-0.2, 0) is 9.47 Å². The van der Waals surface area contributed by atoms with Gasteiger partial charge >= 0.3 is 0 Å². The lowest BCUT2D eigenvalue weighted by atomic mass is 10.1. The van der Waals surface area contributed by atoms with Gasteiger partial charge in [-0.05, 0) is 26.3 Å². The van der Waals surface area contributed by atoms with E-state index in [9.17, 15) is 0 Å². The Bertz CT molecular complexity index is 772. The van der Waals surface area contributed by atoms with Crippen LogP contribution in [0.15, 0.2) is 18.6 Å². The second-order valence-corrected chi connectivity index (χ2v) is 7.91. The lowest BCUT2D eigenvalue weighted by Crippen LogP contribution is -2.35. The first-order valence-electron chi connectivity index (χ1n) is 9.02. The van der Waals surface area contributed by atoms with Crippen molar-refractivity contribution in [2.45, 2.75) is 64.2 Å². The van der Waals surface area contributed by atoms with Crippen molar-refractivity contribution in [3.05, 3.63) is 18.6 Å². The molecule has 1 aliphatic carbocycles. The van der Waals surface area contributed by atoms with E-state index in [4.69, 9.17) is 15.2 Å². The maximum Gasteiger partial charge on any atom is 0.163 e. The number of anilines is 1. The van der Waals surface area contributed by atoms with Crippen molar-refractivity contribution in [3.63, 3.8) is 0 Å². The number of hydrogen-bond donors (Lipinski definition) is 2. The zero-order valence-corrected chi connectivity index (χ0v) is 15.3. The maximum absolute atomic E-state index is 6.28. The fourth-order valence-corrected chi connectivity index (χ4v) is 4.17. The predicted octanol–water partition coefficient (Wildman–Crippen LogP) is 2.09. The highest BCUT2D eigenvalue weighted by Crippen LogP contribution is 2.47. The number of nitrogens with one attached hydrogen (secondary N) is 1. The van der Waals surface area contributed by atoms with Crippen LogP contribution in [0, 0.1) is 5.92 Å². The summed E-state index contributed by atoms with van der Waals surface area (Å²) in [5.74, 6) is 0.358. The van der Waals surface area contributed by atoms with Crippen LogP contribution >= 0.6 is 0 Å². The van der Waals surface area contributed by atoms with Crippen molar-refractivity contribution < 1.29 is 9.47 Å². The Morgan fingerprint density at radius 3 is 2.84 bits per heavy atom. The summed E-state index contributed by atoms with van der Waals surface area (Å²) in [6.07, 6.45) is 4.65. The van der Waals surface area contributed by atoms with Crippen molar-refractivity contribution >= 4 is 16.9 Å². The number of nitrogen functional groups attached to an aromatic ring is 1. The third kappa shape index (κ3) is 2.90. The van der Waals surface area contributed by atoms with Gasteiger partial charge in [0.05, 0.1) is 17.5 Å². The van der Waals surface area contributed by atoms with Gasteiger partial charge in [-0.3, -0.25) is 0 Å². The highest BCUT2D eigenvalue weighted by molar-refractivity contribution is 5.86. The standard InChI is InChI=1S/C18H27N5O2/c1-10(2)20-8-11-7-13(15-14(11)24-18(3,4)25-15)23-6-5-12-16(19)21-9-22-17(12)23/h5-6,9-11,13-15,20H,7-8H2,1-4H3,(H2,19,21,22)/t11?,13-,14-,15+/m1/s1. The zero-order chi connectivity index (χ0) is 17.8. The first-order chi connectivity index (χ1) is 11.9. The first-order valence-corrected chi connectivity index (χ1v) is 9.02. The van der Waals surface area contributed by atoms with E-state index in [1.54, 1.807) is 0 Å². The molecule has 2 aromatic heterocycles. The number of rotatable bonds is 4. The Morgan fingerprint density at radius 1 is 1.32 bits per heavy atom. The fraction of sp³-hybridized carbons (Fsp3) is 0.667. The molecule has 0 bridgehead atoms. The van der Waals surface area contributed by atoms with Crippen LogP contribution in [0.5, 0.6) is 0 Å². The number of aromatic nitrogens is 3. The topological polar surface area (TPSA) is 87.2 Å². The monoisotopic (exact) mass is 345 g/mol. The Morgan fingerprint density at radius 2 is 2.08 bits per heavy atom. The minimum Gasteiger partial charge on any atom is -0.383 e. The van der Waals surface area contributed by atoms with E-state index >= 15 is 0 Å². The molecule has 7 heteroatoms. The number of nitrogens with two attached hydrogens (primary N) is 1. The number of nitrogens with zero attached hydrogens (tertiary/aromatic N) is 3. The Balaban J connectivity index is 1.67. The molecule has 0 amide bonds. The molecule has 2 aliphatic rings. The lowest BCUT2D eigenvalue weighted by molar-refractivity contribution is -0.160. The predicted molar refractivity (Wildman–Crippen MR) is 96.0 cm³/mol. The number of ether oxygens (including phenoxy) is 2. The van der Waals surface area contributed by atoms with Gasteiger partial charge in [0.2, 0.25) is 0 Å². The minimum atomic E-state index is -0.555. The van der Waals surface area contributed by atoms with Crippen molar-refractivity contribution in [1.82, 2.24) is 19.9 Å². The van der Waals surface area contributed by atoms with Gasteiger partial charge in [-0.15, -0.1) is 0 Å². The van der Waals surface area contributed by atoms with E-state index in [-0.39, 0.29) is 18.2 Å². The molecule has 7 nitrogen and oxygen atoms in total. The van der Waals surface area contributed by atoms with E-state index < -0.39 is 5.79 Å². The van der Waals surface area contributed by atoms with E-state index in [2.05, 4.69) is 33.7 Å². The normalized spacial score (nSPS) is 31.1. The van der Waals surface area contributed by atoms with E-state index in [0.29, 0.717) is 17.8 Å². The average Bonchev–Trinajstić information content (AvgIpc) is 3.17. The molecule has 1 aliphatic heterocycles. The Kier molecular flexibility index (Phi) is 3.97. The smallest absolute Gasteiger partial charge is 0.163 e. The van der Waals surface area contributed by atoms with Crippen molar-refractivity contribution in [1.29, 1.82) is 0 Å². The molecule has 4 rings (SSSR count). The van der Waals surface area contributed by atoms with Gasteiger partial charge in [-0.1, -0.05) is 13.8 Å². The van der Waals surface area contributed by atoms with E-state index in [0.717, 1.165) is 24.0 Å². The summed E-state index contributed by atoms with van der Waals surface area (Å²) in [6.45, 7) is 9.23. The lowest BCUT2D eigenvalue weighted by Gasteiger charge is -2.25. The average molecular weight is 345 g/mol. The van der Waals surface area contributed by atoms with Gasteiger partial charge in [-0.2, -0.15) is 0 Å². The van der Waals surface area contributed by atoms with Gasteiger partial charge in [0.25, 0.3) is 0 Å². The van der Waals surface area contributed by atoms with E-state index in [1.807, 2.05) is 26.1 Å². The van der Waals surface area contributed by atoms with Crippen LogP contribution in [-0.4, -0.2) is 45.1 Å². The van der Waals surface area contributed by atoms with Gasteiger partial charge in [0.1, 0.15) is 23.9 Å². The summed E-state index contributed by atoms with van der Waals surface area (Å²) in [7, 11) is 0. The molecule has 0 aromatic carbocycles. The van der Waals surface area contributed by atoms with Crippen molar-refractivity contribution in [2.24, 2.45) is 5.92 Å². The van der Waals surface area contributed by atoms with Crippen molar-refractivity contribution in [3.8, 4) is 0 Å². The first kappa shape index (κ1) is 16.8. The summed E-state index contributed by atoms with van der Waals surface area (Å²) in [5, 5.41) is 4.44. The van der Waals surface area contributed by atoms with Crippen LogP contribution in [0.1, 0.15) is 40.2 Å². The molecule has 3 N–H and O–H groups in total. The molecule has 0 spiro atoms. The Labute approximate surface area is 147 Å². The molecule has 3 heterocycles. The van der Waals surface area contributed by atoms with Crippen LogP contribution in [0.4, 0.5) is 5.82 Å². The molecule has 2 aromatic rings. The van der Waals surface area contributed by atoms with Crippen LogP contribution in [0.3, 0.4) is 0 Å². The SMILES string of the molecule is CC(C)NCC1C[C@@H](n2ccc3c(N)ncnc32)[C@@H]2OC(C)(C)O[C@H]12. The second kappa shape index (κ2) is 5.93. The van der Waals surface area contributed by atoms with Crippen LogP contribution in [0.25, 0.3) is 11.0 Å². The number of hydrogen-bond acceptors (Lipinski definition) is 6. The Hall–Kier alpha value is -1.70. The molecule has 25 heavy (non-hydrogen) atoms. The van der Waals surface area contributed by atoms with Gasteiger partial charge in [-0.25, -0.2) is 9.97 Å². The fourth-order valence-electron chi connectivity index (χ4n) is 4.17. The highest BCUT2D eigenvalue weighted by atomic mass is 16.8. The molecule has 1 unspecified atom stereocenters. The van der Waals surface area contributed by atoms with E-state index in [1.165, 1.54) is 6.33 Å². The highest BCUT2D eigenvalue weighted by Gasteiger charge is 2.54. The molecule has 1 saturated heterocycles. The van der Waals surface area contributed by atoms with Crippen molar-refractivity contribution in [2.75, 3.05) is 12.3 Å². The largest absolute Gasteiger partial charge is 0.383 e. The molecule has 4 atom stereocenters. The maximum atomic E-state index is 6.28. The minimum absolute atomic E-state index is 0.0146. The molecule has 0 radical (unpaired) electrons. The van der Waals surface area contributed by atoms with Gasteiger partial charge in [0, 0.05) is 24.7 Å². The van der Waals surface area contributed by atoms with Crippen LogP contribution in [0.2, 0.25) is 0 Å². The quantitative estimate of drug-likeness (QED) is 0.882. The third-order valence-electron chi connectivity index (χ3n) is 5.24. The molecular weight excluding hydrogens is 318 g/mol. The molecule has 136 valence electrons. The summed E-state index contributed by atoms with van der Waals surface area (Å²) in [4.78, 5) is 8.54. The molecule has 1 saturated carbocycles. The summed E-state index contributed by atoms with van der Waals surface area (Å²) >= 11 is 0. The van der Waals surface area contributed by atoms with Gasteiger partial charge < -0.3 is 25.1 Å². The van der Waals surface area contributed by atoms with Crippen LogP contribution < -0.4 is 11.1 Å². The summed E-state index contributed by atoms with van der Waals surface area (Å²) in [5.41, 5.74) is 6.86.